The summed E-state index contributed by atoms with van der Waals surface area (Å²) in [6, 6.07) is 11.6. The minimum absolute atomic E-state index is 0.0189. The highest BCUT2D eigenvalue weighted by atomic mass is 16.2. The molecule has 0 bridgehead atoms. The number of carbonyl (C=O) groups excluding carboxylic acids is 1. The number of anilines is 1. The summed E-state index contributed by atoms with van der Waals surface area (Å²) in [6.45, 7) is 5.29. The molecule has 6 heterocycles. The number of piperidine rings is 1. The van der Waals surface area contributed by atoms with Gasteiger partial charge in [-0.05, 0) is 62.6 Å². The van der Waals surface area contributed by atoms with Crippen LogP contribution in [0.15, 0.2) is 55.0 Å². The number of hydrogen-bond donors (Lipinski definition) is 1. The van der Waals surface area contributed by atoms with E-state index in [1.807, 2.05) is 55.3 Å². The Balaban J connectivity index is 1.37. The van der Waals surface area contributed by atoms with Crippen molar-refractivity contribution in [3.05, 3.63) is 72.1 Å². The Morgan fingerprint density at radius 2 is 1.81 bits per heavy atom. The average molecular weight is 479 g/mol. The van der Waals surface area contributed by atoms with Crippen LogP contribution in [0.3, 0.4) is 0 Å². The topological polar surface area (TPSA) is 116 Å². The number of imidazole rings is 1. The number of hydrogen-bond acceptors (Lipinski definition) is 7. The van der Waals surface area contributed by atoms with Crippen LogP contribution in [0.2, 0.25) is 0 Å². The zero-order chi connectivity index (χ0) is 24.8. The molecule has 0 saturated carbocycles. The first-order chi connectivity index (χ1) is 17.5. The van der Waals surface area contributed by atoms with Crippen molar-refractivity contribution in [1.82, 2.24) is 34.4 Å². The number of aryl methyl sites for hydroxylation is 2. The van der Waals surface area contributed by atoms with Crippen LogP contribution in [-0.2, 0) is 0 Å². The fourth-order valence-corrected chi connectivity index (χ4v) is 5.06. The number of fused-ring (bicyclic) bond motifs is 3. The highest BCUT2D eigenvalue weighted by Crippen LogP contribution is 2.33. The van der Waals surface area contributed by atoms with E-state index in [2.05, 4.69) is 19.5 Å². The van der Waals surface area contributed by atoms with Crippen LogP contribution in [0.1, 0.15) is 40.8 Å². The van der Waals surface area contributed by atoms with E-state index in [1.54, 1.807) is 18.5 Å². The molecular formula is C27H26N8O. The van der Waals surface area contributed by atoms with Crippen molar-refractivity contribution in [3.8, 4) is 11.3 Å². The number of nitrogens with two attached hydrogens (primary N) is 1. The number of nitrogens with zero attached hydrogens (tertiary/aromatic N) is 7. The zero-order valence-electron chi connectivity index (χ0n) is 20.2. The Labute approximate surface area is 208 Å². The van der Waals surface area contributed by atoms with Gasteiger partial charge in [0.1, 0.15) is 28.4 Å². The van der Waals surface area contributed by atoms with E-state index >= 15 is 0 Å². The molecule has 0 unspecified atom stereocenters. The molecule has 1 saturated heterocycles. The second-order valence-corrected chi connectivity index (χ2v) is 9.25. The van der Waals surface area contributed by atoms with E-state index in [0.29, 0.717) is 24.6 Å². The number of rotatable bonds is 3. The third-order valence-corrected chi connectivity index (χ3v) is 6.95. The molecule has 1 fully saturated rings. The Morgan fingerprint density at radius 3 is 2.56 bits per heavy atom. The van der Waals surface area contributed by atoms with E-state index in [9.17, 15) is 4.79 Å². The third kappa shape index (κ3) is 3.73. The smallest absolute Gasteiger partial charge is 0.272 e. The van der Waals surface area contributed by atoms with Gasteiger partial charge in [0.2, 0.25) is 0 Å². The molecule has 0 spiro atoms. The minimum Gasteiger partial charge on any atom is -0.383 e. The van der Waals surface area contributed by atoms with Crippen molar-refractivity contribution in [2.45, 2.75) is 32.7 Å². The fourth-order valence-electron chi connectivity index (χ4n) is 5.06. The monoisotopic (exact) mass is 478 g/mol. The molecule has 1 aliphatic rings. The lowest BCUT2D eigenvalue weighted by atomic mass is 10.0. The van der Waals surface area contributed by atoms with Gasteiger partial charge in [-0.15, -0.1) is 0 Å². The Kier molecular flexibility index (Phi) is 5.32. The molecule has 0 aliphatic carbocycles. The van der Waals surface area contributed by atoms with Crippen molar-refractivity contribution >= 4 is 33.8 Å². The highest BCUT2D eigenvalue weighted by Gasteiger charge is 2.28. The summed E-state index contributed by atoms with van der Waals surface area (Å²) >= 11 is 0. The van der Waals surface area contributed by atoms with Gasteiger partial charge >= 0.3 is 0 Å². The van der Waals surface area contributed by atoms with Crippen LogP contribution in [0, 0.1) is 13.8 Å². The van der Waals surface area contributed by atoms with E-state index in [4.69, 9.17) is 15.7 Å². The zero-order valence-corrected chi connectivity index (χ0v) is 20.2. The van der Waals surface area contributed by atoms with E-state index < -0.39 is 0 Å². The van der Waals surface area contributed by atoms with E-state index in [0.717, 1.165) is 57.6 Å². The molecule has 6 rings (SSSR count). The molecule has 0 aromatic carbocycles. The average Bonchev–Trinajstić information content (AvgIpc) is 3.26. The van der Waals surface area contributed by atoms with Gasteiger partial charge in [-0.1, -0.05) is 6.07 Å². The first-order valence-corrected chi connectivity index (χ1v) is 12.1. The van der Waals surface area contributed by atoms with Crippen molar-refractivity contribution in [1.29, 1.82) is 0 Å². The van der Waals surface area contributed by atoms with Gasteiger partial charge in [-0.3, -0.25) is 14.8 Å². The first-order valence-electron chi connectivity index (χ1n) is 12.1. The maximum Gasteiger partial charge on any atom is 0.272 e. The number of likely N-dealkylation sites (tertiary alicyclic amines) is 1. The summed E-state index contributed by atoms with van der Waals surface area (Å²) in [7, 11) is 0. The quantitative estimate of drug-likeness (QED) is 0.415. The molecule has 0 atom stereocenters. The Hall–Kier alpha value is -4.40. The predicted octanol–water partition coefficient (Wildman–Crippen LogP) is 4.11. The lowest BCUT2D eigenvalue weighted by molar-refractivity contribution is 0.0689. The second kappa shape index (κ2) is 8.67. The number of nitrogen functional groups attached to an aromatic ring is 1. The van der Waals surface area contributed by atoms with E-state index in [-0.39, 0.29) is 11.9 Å². The van der Waals surface area contributed by atoms with Gasteiger partial charge in [0.05, 0.1) is 22.9 Å². The van der Waals surface area contributed by atoms with Crippen LogP contribution >= 0.6 is 0 Å². The molecule has 9 nitrogen and oxygen atoms in total. The minimum atomic E-state index is -0.0189. The maximum absolute atomic E-state index is 12.9. The second-order valence-electron chi connectivity index (χ2n) is 9.25. The molecule has 2 N–H and O–H groups in total. The standard InChI is InChI=1S/C27H26N8O/c1-16-13-18(14-31-26(16)28)20-6-7-21-24(33-20)25-23(15-30-21)32-17(2)35(25)19-8-11-34(12-9-19)27(36)22-5-3-4-10-29-22/h3-7,10,13-15,19H,8-9,11-12H2,1-2H3,(H2,28,31). The van der Waals surface area contributed by atoms with Crippen LogP contribution in [-0.4, -0.2) is 53.4 Å². The number of carbonyl (C=O) groups is 1. The molecule has 0 radical (unpaired) electrons. The first kappa shape index (κ1) is 22.1. The summed E-state index contributed by atoms with van der Waals surface area (Å²) in [6.07, 6.45) is 6.88. The van der Waals surface area contributed by atoms with Gasteiger partial charge in [-0.2, -0.15) is 0 Å². The molecule has 9 heteroatoms. The van der Waals surface area contributed by atoms with Crippen LogP contribution in [0.5, 0.6) is 0 Å². The van der Waals surface area contributed by atoms with Crippen LogP contribution < -0.4 is 5.73 Å². The Morgan fingerprint density at radius 1 is 0.972 bits per heavy atom. The van der Waals surface area contributed by atoms with Gasteiger partial charge < -0.3 is 15.2 Å². The van der Waals surface area contributed by atoms with Crippen molar-refractivity contribution < 1.29 is 4.79 Å². The van der Waals surface area contributed by atoms with Crippen molar-refractivity contribution in [3.63, 3.8) is 0 Å². The van der Waals surface area contributed by atoms with E-state index in [1.165, 1.54) is 0 Å². The molecule has 1 aliphatic heterocycles. The van der Waals surface area contributed by atoms with Crippen molar-refractivity contribution in [2.24, 2.45) is 0 Å². The SMILES string of the molecule is Cc1cc(-c2ccc3ncc4nc(C)n(C5CCN(C(=O)c6ccccn6)CC5)c4c3n2)cnc1N. The highest BCUT2D eigenvalue weighted by molar-refractivity contribution is 6.00. The largest absolute Gasteiger partial charge is 0.383 e. The number of pyridine rings is 4. The maximum atomic E-state index is 12.9. The molecule has 5 aromatic heterocycles. The third-order valence-electron chi connectivity index (χ3n) is 6.95. The van der Waals surface area contributed by atoms with Crippen LogP contribution in [0.25, 0.3) is 33.3 Å². The Bertz CT molecular complexity index is 1600. The molecule has 5 aromatic rings. The van der Waals surface area contributed by atoms with Gasteiger partial charge in [0.25, 0.3) is 5.91 Å². The summed E-state index contributed by atoms with van der Waals surface area (Å²) in [4.78, 5) is 37.7. The normalized spacial score (nSPS) is 14.6. The van der Waals surface area contributed by atoms with Gasteiger partial charge in [0.15, 0.2) is 0 Å². The number of amides is 1. The van der Waals surface area contributed by atoms with Gasteiger partial charge in [0, 0.05) is 37.1 Å². The van der Waals surface area contributed by atoms with Gasteiger partial charge in [-0.25, -0.2) is 15.0 Å². The van der Waals surface area contributed by atoms with Crippen molar-refractivity contribution in [2.75, 3.05) is 18.8 Å². The summed E-state index contributed by atoms with van der Waals surface area (Å²) < 4.78 is 2.28. The predicted molar refractivity (Wildman–Crippen MR) is 138 cm³/mol. The lowest BCUT2D eigenvalue weighted by Crippen LogP contribution is -2.39. The molecular weight excluding hydrogens is 452 g/mol. The molecule has 180 valence electrons. The number of aromatic nitrogens is 6. The fraction of sp³-hybridized carbons (Fsp3) is 0.259. The lowest BCUT2D eigenvalue weighted by Gasteiger charge is -2.33. The molecule has 1 amide bonds. The van der Waals surface area contributed by atoms with Crippen LogP contribution in [0.4, 0.5) is 5.82 Å². The summed E-state index contributed by atoms with van der Waals surface area (Å²) in [5.41, 5.74) is 12.5. The summed E-state index contributed by atoms with van der Waals surface area (Å²) in [5.74, 6) is 1.42. The molecule has 36 heavy (non-hydrogen) atoms. The summed E-state index contributed by atoms with van der Waals surface area (Å²) in [5, 5.41) is 0.